The molecule has 0 aliphatic carbocycles. The van der Waals surface area contributed by atoms with Gasteiger partial charge in [-0.1, -0.05) is 26.9 Å². The van der Waals surface area contributed by atoms with Crippen molar-refractivity contribution in [2.24, 2.45) is 0 Å². The Kier molecular flexibility index (Phi) is 2.87. The predicted octanol–water partition coefficient (Wildman–Crippen LogP) is -6.26. The van der Waals surface area contributed by atoms with Crippen molar-refractivity contribution < 1.29 is 0 Å². The van der Waals surface area contributed by atoms with Gasteiger partial charge in [0.2, 0.25) is 0 Å². The standard InChI is InChI=1S/C6H10B5Br/c7-1-2(8)4(10)6(12)5(11)3(1)9/h7-11H2. The van der Waals surface area contributed by atoms with E-state index in [-0.39, 0.29) is 0 Å². The molecule has 0 saturated heterocycles. The van der Waals surface area contributed by atoms with E-state index in [1.54, 1.807) is 0 Å². The van der Waals surface area contributed by atoms with Crippen molar-refractivity contribution in [2.75, 3.05) is 0 Å². The highest BCUT2D eigenvalue weighted by molar-refractivity contribution is 9.10. The summed E-state index contributed by atoms with van der Waals surface area (Å²) in [5.74, 6) is 0. The summed E-state index contributed by atoms with van der Waals surface area (Å²) < 4.78 is 1.27. The Morgan fingerprint density at radius 2 is 0.833 bits per heavy atom. The summed E-state index contributed by atoms with van der Waals surface area (Å²) in [4.78, 5) is 0. The fraction of sp³-hybridized carbons (Fsp3) is 0. The zero-order valence-corrected chi connectivity index (χ0v) is 9.96. The molecule has 1 aromatic rings. The fourth-order valence-corrected chi connectivity index (χ4v) is 2.05. The SMILES string of the molecule is Bc1c(B)c(B)c(Br)c(B)c1B. The van der Waals surface area contributed by atoms with E-state index in [4.69, 9.17) is 0 Å². The lowest BCUT2D eigenvalue weighted by atomic mass is 9.63. The van der Waals surface area contributed by atoms with Gasteiger partial charge in [0.25, 0.3) is 0 Å². The minimum absolute atomic E-state index is 1.27. The highest BCUT2D eigenvalue weighted by atomic mass is 79.9. The summed E-state index contributed by atoms with van der Waals surface area (Å²) in [7, 11) is 10.9. The molecule has 0 bridgehead atoms. The normalized spacial score (nSPS) is 10.1. The van der Waals surface area contributed by atoms with Crippen LogP contribution in [0.5, 0.6) is 0 Å². The van der Waals surface area contributed by atoms with Crippen molar-refractivity contribution in [3.63, 3.8) is 0 Å². The van der Waals surface area contributed by atoms with Gasteiger partial charge in [-0.2, -0.15) is 0 Å². The molecule has 0 aliphatic rings. The van der Waals surface area contributed by atoms with Crippen LogP contribution < -0.4 is 27.3 Å². The molecule has 0 saturated carbocycles. The van der Waals surface area contributed by atoms with Gasteiger partial charge in [0, 0.05) is 4.47 Å². The van der Waals surface area contributed by atoms with E-state index >= 15 is 0 Å². The van der Waals surface area contributed by atoms with E-state index in [1.165, 1.54) is 31.8 Å². The molecule has 6 heteroatoms. The Bertz CT molecular complexity index is 230. The summed E-state index contributed by atoms with van der Waals surface area (Å²) in [6.45, 7) is 0. The van der Waals surface area contributed by atoms with Crippen LogP contribution in [0.3, 0.4) is 0 Å². The van der Waals surface area contributed by atoms with Crippen molar-refractivity contribution >= 4 is 82.5 Å². The fourth-order valence-electron chi connectivity index (χ4n) is 1.45. The molecule has 56 valence electrons. The van der Waals surface area contributed by atoms with Gasteiger partial charge in [-0.25, -0.2) is 0 Å². The van der Waals surface area contributed by atoms with Gasteiger partial charge >= 0.3 is 0 Å². The average Bonchev–Trinajstić information content (AvgIpc) is 2.08. The predicted molar refractivity (Wildman–Crippen MR) is 75.0 cm³/mol. The summed E-state index contributed by atoms with van der Waals surface area (Å²) >= 11 is 3.61. The molecule has 0 spiro atoms. The Morgan fingerprint density at radius 1 is 0.583 bits per heavy atom. The largest absolute Gasteiger partial charge is 0.139 e. The van der Waals surface area contributed by atoms with Crippen LogP contribution in [0, 0.1) is 0 Å². The highest BCUT2D eigenvalue weighted by Gasteiger charge is 2.07. The molecule has 0 atom stereocenters. The molecule has 1 aromatic carbocycles. The van der Waals surface area contributed by atoms with Gasteiger partial charge in [-0.3, -0.25) is 0 Å². The Morgan fingerprint density at radius 3 is 1.17 bits per heavy atom. The molecule has 0 aromatic heterocycles. The van der Waals surface area contributed by atoms with Gasteiger partial charge in [0.15, 0.2) is 0 Å². The second-order valence-electron chi connectivity index (χ2n) is 3.44. The van der Waals surface area contributed by atoms with Crippen LogP contribution in [0.1, 0.15) is 0 Å². The highest BCUT2D eigenvalue weighted by Crippen LogP contribution is 1.95. The third-order valence-corrected chi connectivity index (χ3v) is 4.10. The molecule has 0 radical (unpaired) electrons. The zero-order valence-electron chi connectivity index (χ0n) is 8.38. The van der Waals surface area contributed by atoms with E-state index in [0.29, 0.717) is 0 Å². The third-order valence-electron chi connectivity index (χ3n) is 2.91. The van der Waals surface area contributed by atoms with Crippen LogP contribution in [0.15, 0.2) is 4.47 Å². The molecule has 0 N–H and O–H groups in total. The molecule has 1 rings (SSSR count). The van der Waals surface area contributed by atoms with Gasteiger partial charge in [-0.05, 0) is 0 Å². The van der Waals surface area contributed by atoms with Crippen LogP contribution in [-0.4, -0.2) is 39.2 Å². The molecule has 0 amide bonds. The molecule has 0 nitrogen and oxygen atoms in total. The van der Waals surface area contributed by atoms with Crippen molar-refractivity contribution in [2.45, 2.75) is 0 Å². The van der Waals surface area contributed by atoms with Gasteiger partial charge in [0.1, 0.15) is 39.2 Å². The third kappa shape index (κ3) is 1.41. The number of hydrogen-bond acceptors (Lipinski definition) is 0. The van der Waals surface area contributed by atoms with Crippen LogP contribution in [0.2, 0.25) is 0 Å². The van der Waals surface area contributed by atoms with E-state index in [9.17, 15) is 0 Å². The minimum Gasteiger partial charge on any atom is -0.102 e. The van der Waals surface area contributed by atoms with Crippen molar-refractivity contribution in [3.05, 3.63) is 4.47 Å². The topological polar surface area (TPSA) is 0 Å². The van der Waals surface area contributed by atoms with E-state index in [1.807, 2.05) is 0 Å². The second-order valence-corrected chi connectivity index (χ2v) is 4.23. The van der Waals surface area contributed by atoms with Crippen LogP contribution >= 0.6 is 15.9 Å². The van der Waals surface area contributed by atoms with Crippen molar-refractivity contribution in [3.8, 4) is 0 Å². The Balaban J connectivity index is 3.60. The summed E-state index contributed by atoms with van der Waals surface area (Å²) in [6, 6.07) is 0. The van der Waals surface area contributed by atoms with E-state index in [0.717, 1.165) is 0 Å². The maximum atomic E-state index is 3.61. The first-order valence-electron chi connectivity index (χ1n) is 4.19. The quantitative estimate of drug-likeness (QED) is 0.378. The molecular formula is C6H10B5Br. The van der Waals surface area contributed by atoms with E-state index in [2.05, 4.69) is 55.2 Å². The van der Waals surface area contributed by atoms with Crippen LogP contribution in [0.25, 0.3) is 0 Å². The molecule has 0 aliphatic heterocycles. The number of halogens is 1. The van der Waals surface area contributed by atoms with Crippen LogP contribution in [-0.2, 0) is 0 Å². The maximum absolute atomic E-state index is 3.61. The summed E-state index contributed by atoms with van der Waals surface area (Å²) in [5, 5.41) is 0. The van der Waals surface area contributed by atoms with Gasteiger partial charge in [-0.15, -0.1) is 16.4 Å². The molecule has 0 fully saturated rings. The molecule has 0 unspecified atom stereocenters. The lowest BCUT2D eigenvalue weighted by molar-refractivity contribution is 1.95. The van der Waals surface area contributed by atoms with E-state index < -0.39 is 0 Å². The molecular weight excluding hydrogens is 206 g/mol. The first kappa shape index (κ1) is 10.1. The number of benzene rings is 1. The summed E-state index contributed by atoms with van der Waals surface area (Å²) in [6.07, 6.45) is 0. The van der Waals surface area contributed by atoms with Crippen LogP contribution in [0.4, 0.5) is 0 Å². The van der Waals surface area contributed by atoms with Gasteiger partial charge in [0.05, 0.1) is 0 Å². The van der Waals surface area contributed by atoms with Crippen molar-refractivity contribution in [1.82, 2.24) is 0 Å². The smallest absolute Gasteiger partial charge is 0.102 e. The minimum atomic E-state index is 1.27. The first-order valence-corrected chi connectivity index (χ1v) is 4.98. The number of hydrogen-bond donors (Lipinski definition) is 0. The second kappa shape index (κ2) is 3.41. The molecule has 0 heterocycles. The monoisotopic (exact) mass is 216 g/mol. The molecule has 12 heavy (non-hydrogen) atoms. The van der Waals surface area contributed by atoms with Gasteiger partial charge < -0.3 is 0 Å². The lowest BCUT2D eigenvalue weighted by Gasteiger charge is -2.15. The Hall–Kier alpha value is 0.0247. The lowest BCUT2D eigenvalue weighted by Crippen LogP contribution is -2.54. The first-order chi connectivity index (χ1) is 5.46. The summed E-state index contributed by atoms with van der Waals surface area (Å²) in [5.41, 5.74) is 6.98. The zero-order chi connectivity index (χ0) is 9.46. The van der Waals surface area contributed by atoms with Crippen molar-refractivity contribution in [1.29, 1.82) is 0 Å². The average molecular weight is 216 g/mol. The Labute approximate surface area is 87.1 Å². The number of rotatable bonds is 0. The maximum Gasteiger partial charge on any atom is 0.139 e.